The van der Waals surface area contributed by atoms with Crippen molar-refractivity contribution in [2.75, 3.05) is 26.7 Å². The number of piperidine rings is 1. The molecule has 3 amide bonds. The molecule has 1 aromatic rings. The van der Waals surface area contributed by atoms with Crippen LogP contribution in [0.1, 0.15) is 42.5 Å². The molecule has 2 N–H and O–H groups in total. The summed E-state index contributed by atoms with van der Waals surface area (Å²) >= 11 is 5.93. The summed E-state index contributed by atoms with van der Waals surface area (Å²) < 4.78 is 5.23. The van der Waals surface area contributed by atoms with Crippen molar-refractivity contribution in [2.45, 2.75) is 37.6 Å². The van der Waals surface area contributed by atoms with Gasteiger partial charge in [0, 0.05) is 24.5 Å². The zero-order valence-electron chi connectivity index (χ0n) is 15.8. The van der Waals surface area contributed by atoms with Crippen LogP contribution >= 0.6 is 24.0 Å². The number of hydrogen-bond donors (Lipinski definition) is 2. The van der Waals surface area contributed by atoms with E-state index in [1.807, 2.05) is 0 Å². The van der Waals surface area contributed by atoms with Crippen LogP contribution in [0.4, 0.5) is 4.79 Å². The van der Waals surface area contributed by atoms with Crippen LogP contribution < -0.4 is 15.4 Å². The molecular weight excluding hydrogens is 405 g/mol. The van der Waals surface area contributed by atoms with E-state index in [1.54, 1.807) is 18.2 Å². The minimum absolute atomic E-state index is 0. The molecule has 28 heavy (non-hydrogen) atoms. The maximum Gasteiger partial charge on any atom is 0.322 e. The van der Waals surface area contributed by atoms with Crippen LogP contribution in [0, 0.1) is 0 Å². The van der Waals surface area contributed by atoms with E-state index in [4.69, 9.17) is 16.3 Å². The lowest BCUT2D eigenvalue weighted by atomic mass is 9.87. The summed E-state index contributed by atoms with van der Waals surface area (Å²) in [7, 11) is 1.53. The molecule has 2 aliphatic rings. The molecule has 0 unspecified atom stereocenters. The molecule has 0 aliphatic carbocycles. The molecule has 2 aliphatic heterocycles. The van der Waals surface area contributed by atoms with Gasteiger partial charge in [0.1, 0.15) is 11.3 Å². The number of nitrogens with one attached hydrogen (secondary N) is 2. The Morgan fingerprint density at radius 3 is 2.57 bits per heavy atom. The molecule has 1 aromatic carbocycles. The van der Waals surface area contributed by atoms with Crippen LogP contribution in [0.5, 0.6) is 5.75 Å². The smallest absolute Gasteiger partial charge is 0.322 e. The Morgan fingerprint density at radius 1 is 1.25 bits per heavy atom. The first kappa shape index (κ1) is 22.5. The van der Waals surface area contributed by atoms with E-state index in [2.05, 4.69) is 15.5 Å². The summed E-state index contributed by atoms with van der Waals surface area (Å²) in [5, 5.41) is 5.62. The summed E-state index contributed by atoms with van der Waals surface area (Å²) in [4.78, 5) is 38.0. The average Bonchev–Trinajstić information content (AvgIpc) is 2.93. The Hall–Kier alpha value is -1.83. The van der Waals surface area contributed by atoms with Crippen molar-refractivity contribution >= 4 is 41.7 Å². The largest absolute Gasteiger partial charge is 0.496 e. The Kier molecular flexibility index (Phi) is 7.69. The summed E-state index contributed by atoms with van der Waals surface area (Å²) in [6.07, 6.45) is 3.36. The fourth-order valence-electron chi connectivity index (χ4n) is 3.69. The Balaban J connectivity index is 0.00000280. The van der Waals surface area contributed by atoms with Gasteiger partial charge in [-0.15, -0.1) is 12.4 Å². The Labute approximate surface area is 175 Å². The van der Waals surface area contributed by atoms with Gasteiger partial charge in [-0.25, -0.2) is 4.79 Å². The van der Waals surface area contributed by atoms with E-state index in [1.165, 1.54) is 7.11 Å². The average molecular weight is 430 g/mol. The van der Waals surface area contributed by atoms with E-state index < -0.39 is 11.6 Å². The third-order valence-corrected chi connectivity index (χ3v) is 5.55. The maximum atomic E-state index is 12.4. The molecule has 0 atom stereocenters. The highest BCUT2D eigenvalue weighted by atomic mass is 35.5. The third-order valence-electron chi connectivity index (χ3n) is 5.32. The second-order valence-corrected chi connectivity index (χ2v) is 7.49. The number of ketones is 1. The van der Waals surface area contributed by atoms with Gasteiger partial charge >= 0.3 is 6.03 Å². The van der Waals surface area contributed by atoms with Gasteiger partial charge in [-0.2, -0.15) is 0 Å². The van der Waals surface area contributed by atoms with E-state index in [9.17, 15) is 14.4 Å². The number of amides is 3. The predicted octanol–water partition coefficient (Wildman–Crippen LogP) is 2.80. The number of nitrogens with zero attached hydrogens (tertiary/aromatic N) is 1. The van der Waals surface area contributed by atoms with Crippen molar-refractivity contribution in [3.63, 3.8) is 0 Å². The molecule has 2 heterocycles. The number of methoxy groups -OCH3 is 1. The number of carbonyl (C=O) groups excluding carboxylic acids is 3. The lowest BCUT2D eigenvalue weighted by Crippen LogP contribution is -2.54. The number of carbonyl (C=O) groups is 3. The normalized spacial score (nSPS) is 18.4. The first-order chi connectivity index (χ1) is 12.9. The summed E-state index contributed by atoms with van der Waals surface area (Å²) in [5.41, 5.74) is -0.167. The minimum Gasteiger partial charge on any atom is -0.496 e. The zero-order valence-corrected chi connectivity index (χ0v) is 17.3. The fourth-order valence-corrected chi connectivity index (χ4v) is 3.85. The second kappa shape index (κ2) is 9.58. The van der Waals surface area contributed by atoms with Gasteiger partial charge in [0.2, 0.25) is 0 Å². The highest BCUT2D eigenvalue weighted by molar-refractivity contribution is 6.30. The van der Waals surface area contributed by atoms with Crippen LogP contribution in [0.2, 0.25) is 5.02 Å². The van der Waals surface area contributed by atoms with Crippen molar-refractivity contribution in [1.29, 1.82) is 0 Å². The monoisotopic (exact) mass is 429 g/mol. The van der Waals surface area contributed by atoms with Gasteiger partial charge in [0.25, 0.3) is 5.91 Å². The van der Waals surface area contributed by atoms with Crippen LogP contribution in [0.25, 0.3) is 0 Å². The van der Waals surface area contributed by atoms with Crippen LogP contribution in [0.3, 0.4) is 0 Å². The molecule has 3 rings (SSSR count). The number of imide groups is 1. The fraction of sp³-hybridized carbons (Fsp3) is 0.526. The number of urea groups is 1. The van der Waals surface area contributed by atoms with Gasteiger partial charge in [0.15, 0.2) is 5.78 Å². The number of benzene rings is 1. The molecular formula is C19H25Cl2N3O4. The number of ether oxygens (including phenoxy) is 1. The molecule has 0 bridgehead atoms. The Morgan fingerprint density at radius 2 is 1.96 bits per heavy atom. The lowest BCUT2D eigenvalue weighted by molar-refractivity contribution is -0.125. The minimum atomic E-state index is -0.727. The molecule has 1 spiro atoms. The third kappa shape index (κ3) is 4.96. The second-order valence-electron chi connectivity index (χ2n) is 7.06. The predicted molar refractivity (Wildman–Crippen MR) is 109 cm³/mol. The lowest BCUT2D eigenvalue weighted by Gasteiger charge is -2.36. The van der Waals surface area contributed by atoms with Crippen molar-refractivity contribution in [3.05, 3.63) is 28.8 Å². The van der Waals surface area contributed by atoms with E-state index in [0.29, 0.717) is 35.6 Å². The summed E-state index contributed by atoms with van der Waals surface area (Å²) in [6, 6.07) is 4.65. The van der Waals surface area contributed by atoms with Crippen molar-refractivity contribution < 1.29 is 19.1 Å². The highest BCUT2D eigenvalue weighted by Crippen LogP contribution is 2.26. The standard InChI is InChI=1S/C19H24ClN3O4.ClH/c1-27-16-12-13(20)5-6-14(16)15(24)4-2-3-9-23-10-7-19(8-11-23)17(25)21-18(26)22-19;/h5-6,12H,2-4,7-11H2,1H3,(H2,21,22,25,26);1H. The Bertz CT molecular complexity index is 749. The topological polar surface area (TPSA) is 87.7 Å². The number of hydrogen-bond acceptors (Lipinski definition) is 5. The maximum absolute atomic E-state index is 12.4. The molecule has 7 nitrogen and oxygen atoms in total. The quantitative estimate of drug-likeness (QED) is 0.395. The molecule has 9 heteroatoms. The molecule has 0 radical (unpaired) electrons. The zero-order chi connectivity index (χ0) is 19.4. The molecule has 0 aromatic heterocycles. The molecule has 0 saturated carbocycles. The van der Waals surface area contributed by atoms with Crippen LogP contribution in [-0.2, 0) is 4.79 Å². The molecule has 2 fully saturated rings. The van der Waals surface area contributed by atoms with Crippen LogP contribution in [0.15, 0.2) is 18.2 Å². The molecule has 154 valence electrons. The summed E-state index contributed by atoms with van der Waals surface area (Å²) in [5.74, 6) is 0.340. The van der Waals surface area contributed by atoms with Gasteiger partial charge in [-0.05, 0) is 50.4 Å². The number of Topliss-reactive ketones (excluding diaryl/α,β-unsaturated/α-hetero) is 1. The van der Waals surface area contributed by atoms with Gasteiger partial charge < -0.3 is 15.0 Å². The summed E-state index contributed by atoms with van der Waals surface area (Å²) in [6.45, 7) is 2.38. The van der Waals surface area contributed by atoms with Gasteiger partial charge in [-0.3, -0.25) is 14.9 Å². The van der Waals surface area contributed by atoms with Gasteiger partial charge in [-0.1, -0.05) is 11.6 Å². The van der Waals surface area contributed by atoms with Crippen molar-refractivity contribution in [2.24, 2.45) is 0 Å². The first-order valence-corrected chi connectivity index (χ1v) is 9.54. The van der Waals surface area contributed by atoms with Crippen LogP contribution in [-0.4, -0.2) is 54.9 Å². The van der Waals surface area contributed by atoms with Gasteiger partial charge in [0.05, 0.1) is 12.7 Å². The van der Waals surface area contributed by atoms with Crippen molar-refractivity contribution in [3.8, 4) is 5.75 Å². The number of halogens is 2. The number of likely N-dealkylation sites (tertiary alicyclic amines) is 1. The highest BCUT2D eigenvalue weighted by Gasteiger charge is 2.47. The SMILES string of the molecule is COc1cc(Cl)ccc1C(=O)CCCCN1CCC2(CC1)NC(=O)NC2=O.Cl. The van der Waals surface area contributed by atoms with E-state index in [0.717, 1.165) is 32.5 Å². The number of rotatable bonds is 7. The number of unbranched alkanes of at least 4 members (excludes halogenated alkanes) is 1. The van der Waals surface area contributed by atoms with Crippen molar-refractivity contribution in [1.82, 2.24) is 15.5 Å². The van der Waals surface area contributed by atoms with E-state index >= 15 is 0 Å². The van der Waals surface area contributed by atoms with E-state index in [-0.39, 0.29) is 24.1 Å². The molecule has 2 saturated heterocycles. The first-order valence-electron chi connectivity index (χ1n) is 9.16.